The van der Waals surface area contributed by atoms with Crippen LogP contribution in [0, 0.1) is 6.92 Å². The molecule has 2 aromatic carbocycles. The summed E-state index contributed by atoms with van der Waals surface area (Å²) >= 11 is 0. The van der Waals surface area contributed by atoms with Gasteiger partial charge in [-0.1, -0.05) is 49.4 Å². The monoisotopic (exact) mass is 282 g/mol. The third-order valence-electron chi connectivity index (χ3n) is 3.74. The third-order valence-corrected chi connectivity index (χ3v) is 3.74. The van der Waals surface area contributed by atoms with Crippen LogP contribution in [0.15, 0.2) is 54.6 Å². The van der Waals surface area contributed by atoms with Gasteiger partial charge in [0, 0.05) is 0 Å². The van der Waals surface area contributed by atoms with E-state index in [1.807, 2.05) is 24.3 Å². The minimum absolute atomic E-state index is 0.0303. The molecule has 0 saturated heterocycles. The first-order valence-electron chi connectivity index (χ1n) is 7.51. The Morgan fingerprint density at radius 1 is 1.05 bits per heavy atom. The molecular weight excluding hydrogens is 260 g/mol. The number of esters is 1. The quantitative estimate of drug-likeness (QED) is 0.726. The zero-order valence-corrected chi connectivity index (χ0v) is 12.7. The molecule has 1 unspecified atom stereocenters. The van der Waals surface area contributed by atoms with Gasteiger partial charge >= 0.3 is 5.97 Å². The Bertz CT molecular complexity index is 575. The molecule has 0 radical (unpaired) electrons. The number of aryl methyl sites for hydroxylation is 2. The van der Waals surface area contributed by atoms with Gasteiger partial charge in [-0.15, -0.1) is 0 Å². The number of ether oxygens (including phenoxy) is 1. The first kappa shape index (κ1) is 15.3. The number of rotatable bonds is 6. The van der Waals surface area contributed by atoms with E-state index in [4.69, 9.17) is 4.74 Å². The van der Waals surface area contributed by atoms with Crippen LogP contribution in [-0.4, -0.2) is 12.1 Å². The molecule has 110 valence electrons. The number of hydrogen-bond acceptors (Lipinski definition) is 2. The minimum Gasteiger partial charge on any atom is -0.459 e. The van der Waals surface area contributed by atoms with Gasteiger partial charge in [-0.05, 0) is 49.4 Å². The van der Waals surface area contributed by atoms with E-state index in [-0.39, 0.29) is 12.1 Å². The maximum atomic E-state index is 12.1. The van der Waals surface area contributed by atoms with E-state index in [0.29, 0.717) is 5.56 Å². The van der Waals surface area contributed by atoms with Crippen molar-refractivity contribution in [3.05, 3.63) is 71.3 Å². The van der Waals surface area contributed by atoms with Gasteiger partial charge in [-0.3, -0.25) is 0 Å². The first-order chi connectivity index (χ1) is 10.2. The van der Waals surface area contributed by atoms with E-state index in [1.54, 1.807) is 12.1 Å². The molecule has 0 aliphatic rings. The Hall–Kier alpha value is -2.09. The van der Waals surface area contributed by atoms with Crippen molar-refractivity contribution in [1.82, 2.24) is 0 Å². The van der Waals surface area contributed by atoms with Crippen LogP contribution < -0.4 is 0 Å². The summed E-state index contributed by atoms with van der Waals surface area (Å²) in [6, 6.07) is 17.5. The number of hydrogen-bond donors (Lipinski definition) is 0. The molecule has 0 fully saturated rings. The molecule has 0 bridgehead atoms. The second-order valence-electron chi connectivity index (χ2n) is 5.27. The molecule has 2 heteroatoms. The fourth-order valence-electron chi connectivity index (χ4n) is 2.35. The summed E-state index contributed by atoms with van der Waals surface area (Å²) in [5.41, 5.74) is 3.24. The van der Waals surface area contributed by atoms with Gasteiger partial charge in [0.05, 0.1) is 5.56 Å². The fraction of sp³-hybridized carbons (Fsp3) is 0.316. The third kappa shape index (κ3) is 4.45. The first-order valence-corrected chi connectivity index (χ1v) is 7.51. The Kier molecular flexibility index (Phi) is 5.56. The zero-order valence-electron chi connectivity index (χ0n) is 12.7. The Morgan fingerprint density at radius 2 is 1.71 bits per heavy atom. The van der Waals surface area contributed by atoms with E-state index in [9.17, 15) is 4.79 Å². The lowest BCUT2D eigenvalue weighted by atomic mass is 10.0. The van der Waals surface area contributed by atoms with Gasteiger partial charge in [0.25, 0.3) is 0 Å². The molecule has 0 aromatic heterocycles. The summed E-state index contributed by atoms with van der Waals surface area (Å²) in [6.07, 6.45) is 2.61. The van der Waals surface area contributed by atoms with Gasteiger partial charge in [0.2, 0.25) is 0 Å². The molecule has 2 aromatic rings. The van der Waals surface area contributed by atoms with Crippen LogP contribution in [0.4, 0.5) is 0 Å². The maximum absolute atomic E-state index is 12.1. The van der Waals surface area contributed by atoms with Crippen molar-refractivity contribution in [2.75, 3.05) is 0 Å². The SMILES string of the molecule is CCC(CCc1ccccc1C)OC(=O)c1ccccc1. The molecule has 0 heterocycles. The lowest BCUT2D eigenvalue weighted by molar-refractivity contribution is 0.0274. The fourth-order valence-corrected chi connectivity index (χ4v) is 2.35. The second kappa shape index (κ2) is 7.63. The Labute approximate surface area is 126 Å². The highest BCUT2D eigenvalue weighted by atomic mass is 16.5. The van der Waals surface area contributed by atoms with Crippen LogP contribution in [0.3, 0.4) is 0 Å². The lowest BCUT2D eigenvalue weighted by Gasteiger charge is -2.17. The smallest absolute Gasteiger partial charge is 0.338 e. The molecule has 2 nitrogen and oxygen atoms in total. The summed E-state index contributed by atoms with van der Waals surface area (Å²) in [5, 5.41) is 0. The molecule has 0 aliphatic carbocycles. The number of carbonyl (C=O) groups excluding carboxylic acids is 1. The normalized spacial score (nSPS) is 11.9. The molecule has 0 spiro atoms. The zero-order chi connectivity index (χ0) is 15.1. The molecule has 1 atom stereocenters. The molecule has 2 rings (SSSR count). The van der Waals surface area contributed by atoms with Crippen molar-refractivity contribution >= 4 is 5.97 Å². The number of carbonyl (C=O) groups is 1. The summed E-state index contributed by atoms with van der Waals surface area (Å²) in [4.78, 5) is 12.1. The maximum Gasteiger partial charge on any atom is 0.338 e. The van der Waals surface area contributed by atoms with Gasteiger partial charge in [0.15, 0.2) is 0 Å². The van der Waals surface area contributed by atoms with Gasteiger partial charge < -0.3 is 4.74 Å². The van der Waals surface area contributed by atoms with Gasteiger partial charge in [0.1, 0.15) is 6.10 Å². The summed E-state index contributed by atoms with van der Waals surface area (Å²) in [7, 11) is 0. The van der Waals surface area contributed by atoms with E-state index in [0.717, 1.165) is 19.3 Å². The Morgan fingerprint density at radius 3 is 2.38 bits per heavy atom. The van der Waals surface area contributed by atoms with Gasteiger partial charge in [-0.2, -0.15) is 0 Å². The van der Waals surface area contributed by atoms with Crippen molar-refractivity contribution in [2.24, 2.45) is 0 Å². The predicted molar refractivity (Wildman–Crippen MR) is 85.4 cm³/mol. The van der Waals surface area contributed by atoms with Crippen LogP contribution in [-0.2, 0) is 11.2 Å². The van der Waals surface area contributed by atoms with E-state index >= 15 is 0 Å². The molecular formula is C19H22O2. The molecule has 0 amide bonds. The highest BCUT2D eigenvalue weighted by Crippen LogP contribution is 2.15. The highest BCUT2D eigenvalue weighted by molar-refractivity contribution is 5.89. The van der Waals surface area contributed by atoms with Crippen LogP contribution in [0.1, 0.15) is 41.3 Å². The highest BCUT2D eigenvalue weighted by Gasteiger charge is 2.14. The molecule has 0 saturated carbocycles. The van der Waals surface area contributed by atoms with Crippen LogP contribution in [0.5, 0.6) is 0 Å². The van der Waals surface area contributed by atoms with Crippen LogP contribution in [0.25, 0.3) is 0 Å². The number of benzene rings is 2. The van der Waals surface area contributed by atoms with Crippen molar-refractivity contribution in [3.63, 3.8) is 0 Å². The Balaban J connectivity index is 1.92. The molecule has 0 N–H and O–H groups in total. The predicted octanol–water partition coefficient (Wildman–Crippen LogP) is 4.56. The topological polar surface area (TPSA) is 26.3 Å². The minimum atomic E-state index is -0.229. The lowest BCUT2D eigenvalue weighted by Crippen LogP contribution is -2.18. The molecule has 0 aliphatic heterocycles. The van der Waals surface area contributed by atoms with E-state index in [2.05, 4.69) is 32.0 Å². The molecule has 21 heavy (non-hydrogen) atoms. The summed E-state index contributed by atoms with van der Waals surface area (Å²) in [6.45, 7) is 4.17. The van der Waals surface area contributed by atoms with E-state index in [1.165, 1.54) is 11.1 Å². The second-order valence-corrected chi connectivity index (χ2v) is 5.27. The van der Waals surface area contributed by atoms with Crippen molar-refractivity contribution in [1.29, 1.82) is 0 Å². The average molecular weight is 282 g/mol. The van der Waals surface area contributed by atoms with E-state index < -0.39 is 0 Å². The van der Waals surface area contributed by atoms with Crippen molar-refractivity contribution < 1.29 is 9.53 Å². The summed E-state index contributed by atoms with van der Waals surface area (Å²) in [5.74, 6) is -0.229. The van der Waals surface area contributed by atoms with Gasteiger partial charge in [-0.25, -0.2) is 4.79 Å². The largest absolute Gasteiger partial charge is 0.459 e. The average Bonchev–Trinajstić information content (AvgIpc) is 2.53. The van der Waals surface area contributed by atoms with Crippen LogP contribution in [0.2, 0.25) is 0 Å². The van der Waals surface area contributed by atoms with Crippen molar-refractivity contribution in [3.8, 4) is 0 Å². The van der Waals surface area contributed by atoms with Crippen molar-refractivity contribution in [2.45, 2.75) is 39.2 Å². The standard InChI is InChI=1S/C19H22O2/c1-3-18(14-13-16-10-8-7-9-15(16)2)21-19(20)17-11-5-4-6-12-17/h4-12,18H,3,13-14H2,1-2H3. The van der Waals surface area contributed by atoms with Crippen LogP contribution >= 0.6 is 0 Å². The summed E-state index contributed by atoms with van der Waals surface area (Å²) < 4.78 is 5.61.